The van der Waals surface area contributed by atoms with E-state index in [1.165, 1.54) is 0 Å². The Morgan fingerprint density at radius 3 is 2.84 bits per heavy atom. The van der Waals surface area contributed by atoms with E-state index in [1.807, 2.05) is 36.4 Å². The molecule has 5 nitrogen and oxygen atoms in total. The second kappa shape index (κ2) is 4.47. The first-order valence-electron chi connectivity index (χ1n) is 5.56. The number of aromatic amines is 1. The van der Waals surface area contributed by atoms with Crippen LogP contribution in [0, 0.1) is 0 Å². The van der Waals surface area contributed by atoms with Gasteiger partial charge in [0.2, 0.25) is 0 Å². The topological polar surface area (TPSA) is 84.7 Å². The number of halogens is 1. The van der Waals surface area contributed by atoms with Crippen molar-refractivity contribution in [1.82, 2.24) is 15.4 Å². The van der Waals surface area contributed by atoms with Crippen molar-refractivity contribution in [3.05, 3.63) is 46.6 Å². The number of benzene rings is 2. The molecule has 94 valence electrons. The van der Waals surface area contributed by atoms with Gasteiger partial charge in [-0.1, -0.05) is 40.2 Å². The highest BCUT2D eigenvalue weighted by atomic mass is 79.9. The first-order chi connectivity index (χ1) is 9.16. The molecular weight excluding hydrogens is 308 g/mol. The van der Waals surface area contributed by atoms with Crippen molar-refractivity contribution in [2.75, 3.05) is 0 Å². The number of hydrogen-bond acceptors (Lipinski definition) is 3. The third-order valence-electron chi connectivity index (χ3n) is 2.88. The van der Waals surface area contributed by atoms with Crippen molar-refractivity contribution in [1.29, 1.82) is 0 Å². The van der Waals surface area contributed by atoms with E-state index in [1.54, 1.807) is 0 Å². The summed E-state index contributed by atoms with van der Waals surface area (Å²) in [6, 6.07) is 11.8. The monoisotopic (exact) mass is 316 g/mol. The molecule has 3 aromatic rings. The van der Waals surface area contributed by atoms with Gasteiger partial charge in [-0.25, -0.2) is 0 Å². The van der Waals surface area contributed by atoms with Crippen LogP contribution in [0.5, 0.6) is 0 Å². The molecule has 1 heterocycles. The molecule has 0 aliphatic heterocycles. The third-order valence-corrected chi connectivity index (χ3v) is 3.58. The maximum atomic E-state index is 11.3. The SMILES string of the molecule is NC(=O)c1n[nH]nc1-c1ccc2cccc(Br)c2c1. The van der Waals surface area contributed by atoms with E-state index in [9.17, 15) is 4.79 Å². The zero-order valence-electron chi connectivity index (χ0n) is 9.72. The Labute approximate surface area is 116 Å². The molecule has 0 saturated carbocycles. The van der Waals surface area contributed by atoms with Gasteiger partial charge >= 0.3 is 0 Å². The maximum Gasteiger partial charge on any atom is 0.271 e. The molecule has 0 saturated heterocycles. The van der Waals surface area contributed by atoms with Crippen LogP contribution in [0.25, 0.3) is 22.0 Å². The summed E-state index contributed by atoms with van der Waals surface area (Å²) in [5, 5.41) is 12.3. The summed E-state index contributed by atoms with van der Waals surface area (Å²) in [6.45, 7) is 0. The maximum absolute atomic E-state index is 11.3. The Balaban J connectivity index is 2.23. The van der Waals surface area contributed by atoms with Gasteiger partial charge in [-0.2, -0.15) is 15.4 Å². The fourth-order valence-electron chi connectivity index (χ4n) is 1.99. The van der Waals surface area contributed by atoms with Crippen molar-refractivity contribution in [2.45, 2.75) is 0 Å². The highest BCUT2D eigenvalue weighted by Crippen LogP contribution is 2.29. The van der Waals surface area contributed by atoms with Crippen molar-refractivity contribution < 1.29 is 4.79 Å². The predicted octanol–water partition coefficient (Wildman–Crippen LogP) is 2.49. The quantitative estimate of drug-likeness (QED) is 0.761. The normalized spacial score (nSPS) is 10.8. The Bertz CT molecular complexity index is 781. The number of aromatic nitrogens is 3. The van der Waals surface area contributed by atoms with Gasteiger partial charge < -0.3 is 5.73 Å². The molecule has 0 aliphatic carbocycles. The summed E-state index contributed by atoms with van der Waals surface area (Å²) in [5.41, 5.74) is 6.67. The molecular formula is C13H9BrN4O. The average Bonchev–Trinajstić information content (AvgIpc) is 2.88. The van der Waals surface area contributed by atoms with Crippen LogP contribution in [0.2, 0.25) is 0 Å². The summed E-state index contributed by atoms with van der Waals surface area (Å²) < 4.78 is 0.982. The summed E-state index contributed by atoms with van der Waals surface area (Å²) in [7, 11) is 0. The first-order valence-corrected chi connectivity index (χ1v) is 6.35. The number of H-pyrrole nitrogens is 1. The van der Waals surface area contributed by atoms with E-state index in [0.717, 1.165) is 20.8 Å². The summed E-state index contributed by atoms with van der Waals surface area (Å²) in [6.07, 6.45) is 0. The van der Waals surface area contributed by atoms with E-state index in [2.05, 4.69) is 31.3 Å². The molecule has 6 heteroatoms. The molecule has 19 heavy (non-hydrogen) atoms. The predicted molar refractivity (Wildman–Crippen MR) is 75.5 cm³/mol. The summed E-state index contributed by atoms with van der Waals surface area (Å²) in [4.78, 5) is 11.3. The minimum Gasteiger partial charge on any atom is -0.364 e. The fraction of sp³-hybridized carbons (Fsp3) is 0. The standard InChI is InChI=1S/C13H9BrN4O/c14-10-3-1-2-7-4-5-8(6-9(7)10)11-12(13(15)19)17-18-16-11/h1-6H,(H2,15,19)(H,16,17,18). The Morgan fingerprint density at radius 2 is 2.05 bits per heavy atom. The number of nitrogens with two attached hydrogens (primary N) is 1. The highest BCUT2D eigenvalue weighted by molar-refractivity contribution is 9.10. The molecule has 2 aromatic carbocycles. The van der Waals surface area contributed by atoms with Crippen LogP contribution < -0.4 is 5.73 Å². The fourth-order valence-corrected chi connectivity index (χ4v) is 2.48. The number of carbonyl (C=O) groups is 1. The lowest BCUT2D eigenvalue weighted by Crippen LogP contribution is -2.12. The zero-order valence-corrected chi connectivity index (χ0v) is 11.3. The van der Waals surface area contributed by atoms with E-state index in [-0.39, 0.29) is 5.69 Å². The van der Waals surface area contributed by atoms with Crippen molar-refractivity contribution >= 4 is 32.6 Å². The molecule has 1 amide bonds. The number of hydrogen-bond donors (Lipinski definition) is 2. The van der Waals surface area contributed by atoms with Crippen LogP contribution in [0.4, 0.5) is 0 Å². The number of amides is 1. The van der Waals surface area contributed by atoms with Crippen molar-refractivity contribution in [2.24, 2.45) is 5.73 Å². The van der Waals surface area contributed by atoms with Crippen molar-refractivity contribution in [3.63, 3.8) is 0 Å². The van der Waals surface area contributed by atoms with Gasteiger partial charge in [0.25, 0.3) is 5.91 Å². The molecule has 3 rings (SSSR count). The molecule has 0 aliphatic rings. The number of rotatable bonds is 2. The summed E-state index contributed by atoms with van der Waals surface area (Å²) >= 11 is 3.51. The number of carbonyl (C=O) groups excluding carboxylic acids is 1. The van der Waals surface area contributed by atoms with E-state index < -0.39 is 5.91 Å². The second-order valence-electron chi connectivity index (χ2n) is 4.06. The minimum absolute atomic E-state index is 0.145. The smallest absolute Gasteiger partial charge is 0.271 e. The van der Waals surface area contributed by atoms with Crippen LogP contribution in [-0.2, 0) is 0 Å². The van der Waals surface area contributed by atoms with Crippen molar-refractivity contribution in [3.8, 4) is 11.3 Å². The lowest BCUT2D eigenvalue weighted by molar-refractivity contribution is 0.0996. The number of nitrogens with one attached hydrogen (secondary N) is 1. The number of primary amides is 1. The largest absolute Gasteiger partial charge is 0.364 e. The molecule has 1 aromatic heterocycles. The second-order valence-corrected chi connectivity index (χ2v) is 4.92. The van der Waals surface area contributed by atoms with E-state index in [0.29, 0.717) is 5.69 Å². The number of fused-ring (bicyclic) bond motifs is 1. The molecule has 0 spiro atoms. The zero-order chi connectivity index (χ0) is 13.4. The van der Waals surface area contributed by atoms with Gasteiger partial charge in [0, 0.05) is 10.0 Å². The van der Waals surface area contributed by atoms with Crippen LogP contribution in [-0.4, -0.2) is 21.3 Å². The molecule has 3 N–H and O–H groups in total. The lowest BCUT2D eigenvalue weighted by Gasteiger charge is -2.03. The van der Waals surface area contributed by atoms with Gasteiger partial charge in [-0.05, 0) is 22.9 Å². The molecule has 0 fully saturated rings. The van der Waals surface area contributed by atoms with Gasteiger partial charge in [0.1, 0.15) is 5.69 Å². The van der Waals surface area contributed by atoms with Crippen LogP contribution in [0.3, 0.4) is 0 Å². The molecule has 0 unspecified atom stereocenters. The minimum atomic E-state index is -0.601. The van der Waals surface area contributed by atoms with Gasteiger partial charge in [0.05, 0.1) is 0 Å². The Kier molecular flexibility index (Phi) is 2.79. The van der Waals surface area contributed by atoms with Crippen LogP contribution in [0.1, 0.15) is 10.5 Å². The lowest BCUT2D eigenvalue weighted by atomic mass is 10.0. The molecule has 0 bridgehead atoms. The Morgan fingerprint density at radius 1 is 1.21 bits per heavy atom. The summed E-state index contributed by atoms with van der Waals surface area (Å²) in [5.74, 6) is -0.601. The van der Waals surface area contributed by atoms with Gasteiger partial charge in [-0.15, -0.1) is 0 Å². The Hall–Kier alpha value is -2.21. The van der Waals surface area contributed by atoms with Gasteiger partial charge in [0.15, 0.2) is 5.69 Å². The highest BCUT2D eigenvalue weighted by Gasteiger charge is 2.15. The van der Waals surface area contributed by atoms with Crippen LogP contribution >= 0.6 is 15.9 Å². The van der Waals surface area contributed by atoms with E-state index >= 15 is 0 Å². The third kappa shape index (κ3) is 2.00. The van der Waals surface area contributed by atoms with E-state index in [4.69, 9.17) is 5.73 Å². The first kappa shape index (κ1) is 11.9. The van der Waals surface area contributed by atoms with Gasteiger partial charge in [-0.3, -0.25) is 4.79 Å². The molecule has 0 radical (unpaired) electrons. The number of nitrogens with zero attached hydrogens (tertiary/aromatic N) is 2. The van der Waals surface area contributed by atoms with Crippen LogP contribution in [0.15, 0.2) is 40.9 Å². The molecule has 0 atom stereocenters. The average molecular weight is 317 g/mol.